The molecule has 1 saturated heterocycles. The highest BCUT2D eigenvalue weighted by molar-refractivity contribution is 6.03. The molecule has 3 aromatic rings. The third kappa shape index (κ3) is 9.00. The first-order chi connectivity index (χ1) is 24.6. The van der Waals surface area contributed by atoms with Gasteiger partial charge in [-0.25, -0.2) is 8.78 Å². The second-order valence-electron chi connectivity index (χ2n) is 13.9. The molecular formula is C40H45F3N4O4. The van der Waals surface area contributed by atoms with Crippen LogP contribution >= 0.6 is 0 Å². The van der Waals surface area contributed by atoms with Crippen molar-refractivity contribution in [1.82, 2.24) is 15.1 Å². The maximum atomic E-state index is 14.7. The lowest BCUT2D eigenvalue weighted by Gasteiger charge is -2.45. The topological polar surface area (TPSA) is 105 Å². The van der Waals surface area contributed by atoms with Crippen molar-refractivity contribution < 1.29 is 32.3 Å². The van der Waals surface area contributed by atoms with Gasteiger partial charge in [0.1, 0.15) is 0 Å². The lowest BCUT2D eigenvalue weighted by Crippen LogP contribution is -2.62. The van der Waals surface area contributed by atoms with Crippen molar-refractivity contribution in [2.24, 2.45) is 5.73 Å². The van der Waals surface area contributed by atoms with E-state index >= 15 is 0 Å². The van der Waals surface area contributed by atoms with Gasteiger partial charge in [-0.2, -0.15) is 4.39 Å². The van der Waals surface area contributed by atoms with Gasteiger partial charge in [0, 0.05) is 50.1 Å². The Balaban J connectivity index is 1.20. The number of carbonyl (C=O) groups is 3. The van der Waals surface area contributed by atoms with Crippen LogP contribution in [0.25, 0.3) is 5.57 Å². The van der Waals surface area contributed by atoms with Crippen molar-refractivity contribution in [3.8, 4) is 5.75 Å². The predicted octanol–water partition coefficient (Wildman–Crippen LogP) is 5.64. The number of halogens is 3. The van der Waals surface area contributed by atoms with Crippen LogP contribution in [-0.4, -0.2) is 71.9 Å². The van der Waals surface area contributed by atoms with Crippen LogP contribution in [0.15, 0.2) is 66.2 Å². The lowest BCUT2D eigenvalue weighted by atomic mass is 9.82. The smallest absolute Gasteiger partial charge is 0.252 e. The van der Waals surface area contributed by atoms with E-state index in [9.17, 15) is 27.6 Å². The Hall–Kier alpha value is -4.64. The number of rotatable bonds is 15. The van der Waals surface area contributed by atoms with Gasteiger partial charge >= 0.3 is 0 Å². The number of fused-ring (bicyclic) bond motifs is 2. The van der Waals surface area contributed by atoms with E-state index in [4.69, 9.17) is 10.5 Å². The quantitative estimate of drug-likeness (QED) is 0.158. The molecule has 3 N–H and O–H groups in total. The summed E-state index contributed by atoms with van der Waals surface area (Å²) >= 11 is 0. The van der Waals surface area contributed by atoms with E-state index in [1.54, 1.807) is 0 Å². The van der Waals surface area contributed by atoms with Gasteiger partial charge in [0.05, 0.1) is 12.6 Å². The van der Waals surface area contributed by atoms with Crippen LogP contribution in [0.4, 0.5) is 13.2 Å². The molecule has 2 heterocycles. The highest BCUT2D eigenvalue weighted by atomic mass is 19.2. The van der Waals surface area contributed by atoms with Gasteiger partial charge in [0.2, 0.25) is 17.6 Å². The first kappa shape index (κ1) is 36.2. The Morgan fingerprint density at radius 3 is 2.27 bits per heavy atom. The summed E-state index contributed by atoms with van der Waals surface area (Å²) in [7, 11) is 0. The molecule has 6 rings (SSSR count). The average molecular weight is 703 g/mol. The van der Waals surface area contributed by atoms with Gasteiger partial charge in [-0.05, 0) is 86.3 Å². The summed E-state index contributed by atoms with van der Waals surface area (Å²) in [6, 6.07) is 17.7. The van der Waals surface area contributed by atoms with E-state index in [0.717, 1.165) is 48.1 Å². The van der Waals surface area contributed by atoms with Crippen LogP contribution in [0.2, 0.25) is 0 Å². The molecule has 270 valence electrons. The molecule has 0 spiro atoms. The third-order valence-electron chi connectivity index (χ3n) is 9.97. The van der Waals surface area contributed by atoms with Gasteiger partial charge in [-0.15, -0.1) is 0 Å². The number of ether oxygens (including phenoxy) is 1. The summed E-state index contributed by atoms with van der Waals surface area (Å²) in [6.07, 6.45) is 5.03. The number of primary amides is 1. The predicted molar refractivity (Wildman–Crippen MR) is 188 cm³/mol. The minimum absolute atomic E-state index is 0.00312. The van der Waals surface area contributed by atoms with Crippen molar-refractivity contribution in [3.05, 3.63) is 106 Å². The molecule has 11 heteroatoms. The van der Waals surface area contributed by atoms with Crippen molar-refractivity contribution in [1.29, 1.82) is 0 Å². The zero-order valence-electron chi connectivity index (χ0n) is 28.9. The fourth-order valence-electron chi connectivity index (χ4n) is 7.10. The second-order valence-corrected chi connectivity index (χ2v) is 13.9. The van der Waals surface area contributed by atoms with Crippen LogP contribution in [0.5, 0.6) is 5.75 Å². The summed E-state index contributed by atoms with van der Waals surface area (Å²) in [6.45, 7) is 3.52. The molecule has 1 aliphatic carbocycles. The van der Waals surface area contributed by atoms with Crippen molar-refractivity contribution >= 4 is 23.3 Å². The van der Waals surface area contributed by atoms with E-state index < -0.39 is 29.1 Å². The summed E-state index contributed by atoms with van der Waals surface area (Å²) in [5.41, 5.74) is 11.2. The molecule has 8 nitrogen and oxygen atoms in total. The lowest BCUT2D eigenvalue weighted by molar-refractivity contribution is -0.134. The molecule has 2 fully saturated rings. The van der Waals surface area contributed by atoms with E-state index in [2.05, 4.69) is 36.5 Å². The largest absolute Gasteiger partial charge is 0.488 e. The van der Waals surface area contributed by atoms with E-state index in [1.165, 1.54) is 11.1 Å². The van der Waals surface area contributed by atoms with Gasteiger partial charge < -0.3 is 25.6 Å². The minimum Gasteiger partial charge on any atom is -0.488 e. The van der Waals surface area contributed by atoms with E-state index in [-0.39, 0.29) is 49.4 Å². The molecule has 51 heavy (non-hydrogen) atoms. The first-order valence-corrected chi connectivity index (χ1v) is 17.8. The molecule has 2 aliphatic heterocycles. The molecule has 1 saturated carbocycles. The number of nitrogens with one attached hydrogen (secondary N) is 1. The summed E-state index contributed by atoms with van der Waals surface area (Å²) < 4.78 is 46.7. The van der Waals surface area contributed by atoms with Crippen LogP contribution in [0.3, 0.4) is 0 Å². The van der Waals surface area contributed by atoms with Gasteiger partial charge in [0.15, 0.2) is 17.4 Å². The molecule has 3 aliphatic rings. The average Bonchev–Trinajstić information content (AvgIpc) is 3.95. The standard InChI is InChI=1S/C40H45F3N4O4/c1-25-7-9-27(10-8-25)19-20-47(30-15-16-30)40(50)37-31(22-29-23-46(24-34(37)45-29)36(49)6-2-5-35(44)48)28-13-11-26(12-14-28)4-3-21-51-39-33(42)18-17-32(41)38(39)43/h7-14,17-18,29-30,34,45H,2-6,15-16,19-24H2,1H3,(H2,44,48). The van der Waals surface area contributed by atoms with Crippen LogP contribution in [0.1, 0.15) is 67.2 Å². The Kier molecular flexibility index (Phi) is 11.4. The summed E-state index contributed by atoms with van der Waals surface area (Å²) in [5, 5.41) is 3.64. The number of nitrogens with zero attached hydrogens (tertiary/aromatic N) is 2. The number of benzene rings is 3. The maximum absolute atomic E-state index is 14.7. The highest BCUT2D eigenvalue weighted by Gasteiger charge is 2.43. The monoisotopic (exact) mass is 702 g/mol. The van der Waals surface area contributed by atoms with Gasteiger partial charge in [0.25, 0.3) is 5.91 Å². The zero-order valence-corrected chi connectivity index (χ0v) is 28.9. The van der Waals surface area contributed by atoms with Crippen LogP contribution in [-0.2, 0) is 27.2 Å². The molecule has 2 unspecified atom stereocenters. The normalized spacial score (nSPS) is 18.5. The number of carbonyl (C=O) groups excluding carboxylic acids is 3. The van der Waals surface area contributed by atoms with Crippen molar-refractivity contribution in [2.75, 3.05) is 26.2 Å². The number of nitrogens with two attached hydrogens (primary N) is 1. The van der Waals surface area contributed by atoms with Gasteiger partial charge in [-0.3, -0.25) is 14.4 Å². The SMILES string of the molecule is Cc1ccc(CCN(C(=O)C2=C(c3ccc(CCCOc4c(F)ccc(F)c4F)cc3)CC3CN(C(=O)CCCC(N)=O)CC2N3)C2CC2)cc1. The minimum atomic E-state index is -1.34. The summed E-state index contributed by atoms with van der Waals surface area (Å²) in [5.74, 6) is -4.64. The number of hydrogen-bond acceptors (Lipinski definition) is 5. The van der Waals surface area contributed by atoms with Crippen LogP contribution in [0, 0.1) is 24.4 Å². The Bertz CT molecular complexity index is 1780. The summed E-state index contributed by atoms with van der Waals surface area (Å²) in [4.78, 5) is 43.0. The van der Waals surface area contributed by atoms with Crippen LogP contribution < -0.4 is 15.8 Å². The molecule has 0 aromatic heterocycles. The second kappa shape index (κ2) is 16.1. The fourth-order valence-corrected chi connectivity index (χ4v) is 7.10. The highest BCUT2D eigenvalue weighted by Crippen LogP contribution is 2.37. The fraction of sp³-hybridized carbons (Fsp3) is 0.425. The molecular weight excluding hydrogens is 657 g/mol. The van der Waals surface area contributed by atoms with Gasteiger partial charge in [-0.1, -0.05) is 54.1 Å². The number of hydrogen-bond donors (Lipinski definition) is 2. The zero-order chi connectivity index (χ0) is 36.1. The third-order valence-corrected chi connectivity index (χ3v) is 9.97. The Morgan fingerprint density at radius 1 is 0.882 bits per heavy atom. The number of amides is 3. The molecule has 3 aromatic carbocycles. The molecule has 2 bridgehead atoms. The molecule has 0 radical (unpaired) electrons. The maximum Gasteiger partial charge on any atom is 0.252 e. The van der Waals surface area contributed by atoms with Crippen molar-refractivity contribution in [3.63, 3.8) is 0 Å². The number of aryl methyl sites for hydroxylation is 2. The Labute approximate surface area is 296 Å². The number of piperazine rings is 1. The molecule has 3 amide bonds. The van der Waals surface area contributed by atoms with E-state index in [1.807, 2.05) is 34.1 Å². The molecule has 2 atom stereocenters. The van der Waals surface area contributed by atoms with Crippen molar-refractivity contribution in [2.45, 2.75) is 82.8 Å². The van der Waals surface area contributed by atoms with E-state index in [0.29, 0.717) is 50.9 Å². The first-order valence-electron chi connectivity index (χ1n) is 17.8. The Morgan fingerprint density at radius 2 is 1.57 bits per heavy atom.